The fourth-order valence-electron chi connectivity index (χ4n) is 2.11. The first-order chi connectivity index (χ1) is 8.41. The second-order valence-electron chi connectivity index (χ2n) is 5.03. The van der Waals surface area contributed by atoms with Gasteiger partial charge in [0.1, 0.15) is 0 Å². The molecule has 100 valence electrons. The minimum Gasteiger partial charge on any atom is -0.392 e. The van der Waals surface area contributed by atoms with E-state index in [0.29, 0.717) is 23.8 Å². The Morgan fingerprint density at radius 2 is 2.11 bits per heavy atom. The van der Waals surface area contributed by atoms with Crippen molar-refractivity contribution in [1.82, 2.24) is 4.31 Å². The molecular weight excluding hydrogens is 250 g/mol. The van der Waals surface area contributed by atoms with Crippen LogP contribution >= 0.6 is 0 Å². The molecule has 1 aliphatic heterocycles. The Bertz CT molecular complexity index is 525. The first-order valence-electron chi connectivity index (χ1n) is 6.19. The molecule has 0 bridgehead atoms. The second-order valence-corrected chi connectivity index (χ2v) is 6.97. The predicted octanol–water partition coefficient (Wildman–Crippen LogP) is 1.57. The van der Waals surface area contributed by atoms with Crippen LogP contribution in [0.4, 0.5) is 0 Å². The molecule has 1 heterocycles. The second kappa shape index (κ2) is 4.99. The molecule has 4 nitrogen and oxygen atoms in total. The van der Waals surface area contributed by atoms with Crippen molar-refractivity contribution in [2.45, 2.75) is 37.2 Å². The summed E-state index contributed by atoms with van der Waals surface area (Å²) in [6, 6.07) is 7.05. The van der Waals surface area contributed by atoms with Gasteiger partial charge in [-0.25, -0.2) is 8.42 Å². The summed E-state index contributed by atoms with van der Waals surface area (Å²) < 4.78 is 26.1. The summed E-state index contributed by atoms with van der Waals surface area (Å²) in [5.74, 6) is 0.296. The van der Waals surface area contributed by atoms with Gasteiger partial charge in [0.2, 0.25) is 10.0 Å². The van der Waals surface area contributed by atoms with Gasteiger partial charge < -0.3 is 5.11 Å². The fraction of sp³-hybridized carbons (Fsp3) is 0.538. The summed E-state index contributed by atoms with van der Waals surface area (Å²) in [7, 11) is -3.45. The Kier molecular flexibility index (Phi) is 3.75. The Morgan fingerprint density at radius 3 is 2.67 bits per heavy atom. The Labute approximate surface area is 108 Å². The molecule has 5 heteroatoms. The van der Waals surface area contributed by atoms with Gasteiger partial charge in [0.15, 0.2) is 0 Å². The number of nitrogens with zero attached hydrogens (tertiary/aromatic N) is 1. The molecule has 0 amide bonds. The SMILES string of the molecule is CC(C)c1cccc(S(=O)(=O)N2CC[C@@H](O)C2)c1. The van der Waals surface area contributed by atoms with Crippen LogP contribution in [0.3, 0.4) is 0 Å². The summed E-state index contributed by atoms with van der Waals surface area (Å²) in [5, 5.41) is 9.45. The zero-order chi connectivity index (χ0) is 13.3. The molecule has 0 spiro atoms. The first kappa shape index (κ1) is 13.5. The highest BCUT2D eigenvalue weighted by Gasteiger charge is 2.31. The van der Waals surface area contributed by atoms with Gasteiger partial charge in [0.25, 0.3) is 0 Å². The zero-order valence-electron chi connectivity index (χ0n) is 10.7. The molecule has 0 unspecified atom stereocenters. The highest BCUT2D eigenvalue weighted by Crippen LogP contribution is 2.24. The van der Waals surface area contributed by atoms with Gasteiger partial charge in [0.05, 0.1) is 11.0 Å². The molecule has 0 saturated carbocycles. The highest BCUT2D eigenvalue weighted by molar-refractivity contribution is 7.89. The standard InChI is InChI=1S/C13H19NO3S/c1-10(2)11-4-3-5-13(8-11)18(16,17)14-7-6-12(15)9-14/h3-5,8,10,12,15H,6-7,9H2,1-2H3/t12-/m1/s1. The molecule has 0 aliphatic carbocycles. The van der Waals surface area contributed by atoms with Crippen molar-refractivity contribution < 1.29 is 13.5 Å². The Balaban J connectivity index is 2.32. The molecule has 1 aromatic carbocycles. The highest BCUT2D eigenvalue weighted by atomic mass is 32.2. The smallest absolute Gasteiger partial charge is 0.243 e. The van der Waals surface area contributed by atoms with E-state index in [-0.39, 0.29) is 6.54 Å². The van der Waals surface area contributed by atoms with Crippen LogP contribution < -0.4 is 0 Å². The number of rotatable bonds is 3. The minimum atomic E-state index is -3.45. The quantitative estimate of drug-likeness (QED) is 0.906. The monoisotopic (exact) mass is 269 g/mol. The molecular formula is C13H19NO3S. The maximum absolute atomic E-state index is 12.4. The molecule has 1 aliphatic rings. The van der Waals surface area contributed by atoms with E-state index >= 15 is 0 Å². The van der Waals surface area contributed by atoms with Crippen molar-refractivity contribution in [2.24, 2.45) is 0 Å². The van der Waals surface area contributed by atoms with Crippen LogP contribution in [0.2, 0.25) is 0 Å². The fourth-order valence-corrected chi connectivity index (χ4v) is 3.66. The first-order valence-corrected chi connectivity index (χ1v) is 7.63. The van der Waals surface area contributed by atoms with Crippen molar-refractivity contribution in [1.29, 1.82) is 0 Å². The summed E-state index contributed by atoms with van der Waals surface area (Å²) in [6.07, 6.45) is -0.0172. The molecule has 2 rings (SSSR count). The third kappa shape index (κ3) is 2.58. The molecule has 1 saturated heterocycles. The Hall–Kier alpha value is -0.910. The van der Waals surface area contributed by atoms with Gasteiger partial charge in [-0.2, -0.15) is 4.31 Å². The maximum atomic E-state index is 12.4. The van der Waals surface area contributed by atoms with E-state index in [1.54, 1.807) is 18.2 Å². The lowest BCUT2D eigenvalue weighted by Gasteiger charge is -2.16. The van der Waals surface area contributed by atoms with Crippen molar-refractivity contribution in [3.63, 3.8) is 0 Å². The molecule has 0 aromatic heterocycles. The number of sulfonamides is 1. The number of hydrogen-bond acceptors (Lipinski definition) is 3. The number of benzene rings is 1. The molecule has 18 heavy (non-hydrogen) atoms. The average molecular weight is 269 g/mol. The summed E-state index contributed by atoms with van der Waals surface area (Å²) in [5.41, 5.74) is 1.01. The van der Waals surface area contributed by atoms with E-state index in [2.05, 4.69) is 0 Å². The third-order valence-electron chi connectivity index (χ3n) is 3.29. The van der Waals surface area contributed by atoms with E-state index < -0.39 is 16.1 Å². The lowest BCUT2D eigenvalue weighted by Crippen LogP contribution is -2.29. The van der Waals surface area contributed by atoms with E-state index in [1.165, 1.54) is 4.31 Å². The van der Waals surface area contributed by atoms with Crippen molar-refractivity contribution in [3.8, 4) is 0 Å². The van der Waals surface area contributed by atoms with Gasteiger partial charge in [-0.1, -0.05) is 26.0 Å². The largest absolute Gasteiger partial charge is 0.392 e. The van der Waals surface area contributed by atoms with Crippen LogP contribution in [0, 0.1) is 0 Å². The normalized spacial score (nSPS) is 21.7. The van der Waals surface area contributed by atoms with E-state index in [9.17, 15) is 13.5 Å². The van der Waals surface area contributed by atoms with E-state index in [1.807, 2.05) is 19.9 Å². The molecule has 1 aromatic rings. The number of aliphatic hydroxyl groups excluding tert-OH is 1. The van der Waals surface area contributed by atoms with Gasteiger partial charge in [-0.15, -0.1) is 0 Å². The van der Waals surface area contributed by atoms with E-state index in [4.69, 9.17) is 0 Å². The van der Waals surface area contributed by atoms with E-state index in [0.717, 1.165) is 5.56 Å². The summed E-state index contributed by atoms with van der Waals surface area (Å²) in [4.78, 5) is 0.322. The van der Waals surface area contributed by atoms with Crippen LogP contribution in [0.25, 0.3) is 0 Å². The summed E-state index contributed by atoms with van der Waals surface area (Å²) >= 11 is 0. The lowest BCUT2D eigenvalue weighted by atomic mass is 10.0. The van der Waals surface area contributed by atoms with Crippen molar-refractivity contribution in [2.75, 3.05) is 13.1 Å². The molecule has 0 radical (unpaired) electrons. The number of hydrogen-bond donors (Lipinski definition) is 1. The summed E-state index contributed by atoms with van der Waals surface area (Å²) in [6.45, 7) is 4.67. The van der Waals surface area contributed by atoms with Crippen LogP contribution in [0.5, 0.6) is 0 Å². The van der Waals surface area contributed by atoms with Crippen molar-refractivity contribution in [3.05, 3.63) is 29.8 Å². The average Bonchev–Trinajstić information content (AvgIpc) is 2.77. The minimum absolute atomic E-state index is 0.203. The van der Waals surface area contributed by atoms with Gasteiger partial charge in [0, 0.05) is 13.1 Å². The van der Waals surface area contributed by atoms with Gasteiger partial charge in [-0.05, 0) is 30.0 Å². The topological polar surface area (TPSA) is 57.6 Å². The van der Waals surface area contributed by atoms with Crippen LogP contribution in [-0.2, 0) is 10.0 Å². The van der Waals surface area contributed by atoms with Crippen LogP contribution in [-0.4, -0.2) is 37.0 Å². The maximum Gasteiger partial charge on any atom is 0.243 e. The van der Waals surface area contributed by atoms with Gasteiger partial charge >= 0.3 is 0 Å². The third-order valence-corrected chi connectivity index (χ3v) is 5.15. The van der Waals surface area contributed by atoms with Crippen LogP contribution in [0.1, 0.15) is 31.7 Å². The predicted molar refractivity (Wildman–Crippen MR) is 69.9 cm³/mol. The molecule has 1 fully saturated rings. The number of β-amino-alcohol motifs (C(OH)–C–C–N with tert-alkyl or cyclic N) is 1. The zero-order valence-corrected chi connectivity index (χ0v) is 11.5. The van der Waals surface area contributed by atoms with Crippen molar-refractivity contribution >= 4 is 10.0 Å². The molecule has 1 atom stereocenters. The molecule has 1 N–H and O–H groups in total. The Morgan fingerprint density at radius 1 is 1.39 bits per heavy atom. The number of aliphatic hydroxyl groups is 1. The van der Waals surface area contributed by atoms with Crippen LogP contribution in [0.15, 0.2) is 29.2 Å². The van der Waals surface area contributed by atoms with Gasteiger partial charge in [-0.3, -0.25) is 0 Å². The lowest BCUT2D eigenvalue weighted by molar-refractivity contribution is 0.189.